The summed E-state index contributed by atoms with van der Waals surface area (Å²) in [5.74, 6) is -1.48. The number of hydroxylamine groups is 2. The molecule has 0 bridgehead atoms. The summed E-state index contributed by atoms with van der Waals surface area (Å²) >= 11 is 2.97. The molecule has 0 aromatic rings. The van der Waals surface area contributed by atoms with Gasteiger partial charge in [-0.25, -0.2) is 9.45 Å². The van der Waals surface area contributed by atoms with Crippen LogP contribution in [0, 0.1) is 0 Å². The Kier molecular flexibility index (Phi) is 2.99. The summed E-state index contributed by atoms with van der Waals surface area (Å²) in [6.45, 7) is 0. The summed E-state index contributed by atoms with van der Waals surface area (Å²) < 4.78 is 13.2. The number of rotatable bonds is 0. The van der Waals surface area contributed by atoms with Gasteiger partial charge in [0.25, 0.3) is 0 Å². The second-order valence-electron chi connectivity index (χ2n) is 3.39. The van der Waals surface area contributed by atoms with Crippen LogP contribution >= 0.6 is 15.9 Å². The summed E-state index contributed by atoms with van der Waals surface area (Å²) in [6, 6.07) is 0. The van der Waals surface area contributed by atoms with Crippen molar-refractivity contribution in [1.29, 1.82) is 0 Å². The van der Waals surface area contributed by atoms with E-state index in [0.29, 0.717) is 5.06 Å². The average Bonchev–Trinajstić information content (AvgIpc) is 2.24. The standard InChI is InChI=1S/C11H7BrFNO3/c12-8-3-7(10(15)4-9(8)13)6-1-2-14(17)5-11(6)16/h1-5,16-17H. The molecular weight excluding hydrogens is 293 g/mol. The Balaban J connectivity index is 2.51. The van der Waals surface area contributed by atoms with Gasteiger partial charge in [0.1, 0.15) is 11.6 Å². The Morgan fingerprint density at radius 1 is 1.29 bits per heavy atom. The van der Waals surface area contributed by atoms with Crippen LogP contribution in [0.3, 0.4) is 0 Å². The number of nitrogens with zero attached hydrogens (tertiary/aromatic N) is 1. The normalized spacial score (nSPS) is 24.5. The molecule has 88 valence electrons. The number of hydrogen-bond acceptors (Lipinski definition) is 4. The summed E-state index contributed by atoms with van der Waals surface area (Å²) in [5, 5.41) is 19.3. The van der Waals surface area contributed by atoms with Gasteiger partial charge in [-0.1, -0.05) is 0 Å². The maximum Gasteiger partial charge on any atom is 0.189 e. The van der Waals surface area contributed by atoms with Gasteiger partial charge in [0.05, 0.1) is 10.7 Å². The fourth-order valence-corrected chi connectivity index (χ4v) is 1.78. The fraction of sp³-hybridized carbons (Fsp3) is 0. The molecule has 0 radical (unpaired) electrons. The lowest BCUT2D eigenvalue weighted by atomic mass is 9.97. The largest absolute Gasteiger partial charge is 0.506 e. The molecule has 0 saturated heterocycles. The van der Waals surface area contributed by atoms with Crippen molar-refractivity contribution < 1.29 is 19.5 Å². The Labute approximate surface area is 104 Å². The van der Waals surface area contributed by atoms with Gasteiger partial charge in [-0.2, -0.15) is 0 Å². The quantitative estimate of drug-likeness (QED) is 0.675. The van der Waals surface area contributed by atoms with E-state index in [1.54, 1.807) is 0 Å². The lowest BCUT2D eigenvalue weighted by Crippen LogP contribution is -2.13. The molecule has 0 aromatic heterocycles. The van der Waals surface area contributed by atoms with Crippen LogP contribution in [0.25, 0.3) is 0 Å². The molecule has 2 aliphatic rings. The van der Waals surface area contributed by atoms with Gasteiger partial charge >= 0.3 is 0 Å². The molecule has 0 unspecified atom stereocenters. The molecule has 2 rings (SSSR count). The van der Waals surface area contributed by atoms with Crippen LogP contribution in [0.5, 0.6) is 0 Å². The lowest BCUT2D eigenvalue weighted by molar-refractivity contribution is -0.111. The molecule has 1 aliphatic carbocycles. The molecular formula is C11H7BrFNO3. The second kappa shape index (κ2) is 4.31. The van der Waals surface area contributed by atoms with Gasteiger partial charge < -0.3 is 5.11 Å². The first kappa shape index (κ1) is 11.8. The summed E-state index contributed by atoms with van der Waals surface area (Å²) in [5.41, 5.74) is 0.373. The van der Waals surface area contributed by atoms with Crippen molar-refractivity contribution in [3.63, 3.8) is 0 Å². The third kappa shape index (κ3) is 2.22. The lowest BCUT2D eigenvalue weighted by Gasteiger charge is -2.16. The number of carbonyl (C=O) groups is 1. The first-order valence-corrected chi connectivity index (χ1v) is 5.38. The van der Waals surface area contributed by atoms with E-state index in [4.69, 9.17) is 5.21 Å². The number of aliphatic hydroxyl groups is 1. The van der Waals surface area contributed by atoms with Crippen molar-refractivity contribution in [3.05, 3.63) is 57.8 Å². The maximum atomic E-state index is 13.1. The number of carbonyl (C=O) groups excluding carboxylic acids is 1. The van der Waals surface area contributed by atoms with E-state index in [0.717, 1.165) is 12.3 Å². The van der Waals surface area contributed by atoms with Gasteiger partial charge in [-0.15, -0.1) is 0 Å². The van der Waals surface area contributed by atoms with Crippen LogP contribution in [0.4, 0.5) is 4.39 Å². The van der Waals surface area contributed by atoms with Crippen molar-refractivity contribution in [1.82, 2.24) is 5.06 Å². The van der Waals surface area contributed by atoms with Crippen LogP contribution in [0.1, 0.15) is 0 Å². The predicted molar refractivity (Wildman–Crippen MR) is 61.7 cm³/mol. The minimum Gasteiger partial charge on any atom is -0.506 e. The number of aliphatic hydroxyl groups excluding tert-OH is 1. The molecule has 2 N–H and O–H groups in total. The molecule has 17 heavy (non-hydrogen) atoms. The number of ketones is 1. The highest BCUT2D eigenvalue weighted by Crippen LogP contribution is 2.30. The molecule has 1 heterocycles. The first-order valence-electron chi connectivity index (χ1n) is 4.59. The van der Waals surface area contributed by atoms with Crippen molar-refractivity contribution in [3.8, 4) is 0 Å². The molecule has 0 spiro atoms. The predicted octanol–water partition coefficient (Wildman–Crippen LogP) is 2.62. The minimum absolute atomic E-state index is 0.132. The molecule has 0 aromatic carbocycles. The van der Waals surface area contributed by atoms with E-state index in [2.05, 4.69) is 15.9 Å². The monoisotopic (exact) mass is 299 g/mol. The van der Waals surface area contributed by atoms with Crippen molar-refractivity contribution >= 4 is 21.7 Å². The third-order valence-electron chi connectivity index (χ3n) is 2.24. The fourth-order valence-electron chi connectivity index (χ4n) is 1.44. The Morgan fingerprint density at radius 2 is 2.00 bits per heavy atom. The summed E-state index contributed by atoms with van der Waals surface area (Å²) in [7, 11) is 0. The molecule has 1 aliphatic heterocycles. The highest BCUT2D eigenvalue weighted by atomic mass is 79.9. The maximum absolute atomic E-state index is 13.1. The zero-order valence-electron chi connectivity index (χ0n) is 8.39. The Bertz CT molecular complexity index is 543. The van der Waals surface area contributed by atoms with Gasteiger partial charge in [-0.3, -0.25) is 10.0 Å². The van der Waals surface area contributed by atoms with E-state index in [9.17, 15) is 14.3 Å². The SMILES string of the molecule is O=C1C=C(F)C(Br)=CC1=C1C=CN(O)C=C1O. The molecule has 0 atom stereocenters. The van der Waals surface area contributed by atoms with Crippen molar-refractivity contribution in [2.24, 2.45) is 0 Å². The second-order valence-corrected chi connectivity index (χ2v) is 4.24. The van der Waals surface area contributed by atoms with Crippen LogP contribution in [0.2, 0.25) is 0 Å². The molecule has 0 saturated carbocycles. The number of hydrogen-bond donors (Lipinski definition) is 2. The third-order valence-corrected chi connectivity index (χ3v) is 2.84. The Morgan fingerprint density at radius 3 is 2.65 bits per heavy atom. The van der Waals surface area contributed by atoms with E-state index in [1.807, 2.05) is 0 Å². The first-order chi connectivity index (χ1) is 7.99. The van der Waals surface area contributed by atoms with Crippen molar-refractivity contribution in [2.75, 3.05) is 0 Å². The van der Waals surface area contributed by atoms with E-state index >= 15 is 0 Å². The van der Waals surface area contributed by atoms with Gasteiger partial charge in [-0.05, 0) is 28.1 Å². The summed E-state index contributed by atoms with van der Waals surface area (Å²) in [6.07, 6.45) is 5.77. The highest BCUT2D eigenvalue weighted by molar-refractivity contribution is 9.12. The number of allylic oxidation sites excluding steroid dienone is 6. The van der Waals surface area contributed by atoms with Crippen LogP contribution in [0.15, 0.2) is 57.8 Å². The molecule has 4 nitrogen and oxygen atoms in total. The van der Waals surface area contributed by atoms with Gasteiger partial charge in [0.15, 0.2) is 5.78 Å². The molecule has 6 heteroatoms. The van der Waals surface area contributed by atoms with E-state index in [-0.39, 0.29) is 21.4 Å². The topological polar surface area (TPSA) is 60.8 Å². The van der Waals surface area contributed by atoms with Gasteiger partial charge in [0, 0.05) is 23.4 Å². The zero-order chi connectivity index (χ0) is 12.6. The summed E-state index contributed by atoms with van der Waals surface area (Å²) in [4.78, 5) is 11.6. The molecule has 0 fully saturated rings. The van der Waals surface area contributed by atoms with Gasteiger partial charge in [0.2, 0.25) is 0 Å². The average molecular weight is 300 g/mol. The van der Waals surface area contributed by atoms with E-state index < -0.39 is 11.6 Å². The van der Waals surface area contributed by atoms with Crippen molar-refractivity contribution in [2.45, 2.75) is 0 Å². The van der Waals surface area contributed by atoms with Crippen LogP contribution < -0.4 is 0 Å². The number of halogens is 2. The van der Waals surface area contributed by atoms with E-state index in [1.165, 1.54) is 18.4 Å². The zero-order valence-corrected chi connectivity index (χ0v) is 9.98. The smallest absolute Gasteiger partial charge is 0.189 e. The van der Waals surface area contributed by atoms with Crippen LogP contribution in [-0.4, -0.2) is 21.2 Å². The Hall–Kier alpha value is -1.66. The molecule has 0 amide bonds. The minimum atomic E-state index is -0.661. The van der Waals surface area contributed by atoms with Crippen LogP contribution in [-0.2, 0) is 4.79 Å². The highest BCUT2D eigenvalue weighted by Gasteiger charge is 2.21.